The third-order valence-corrected chi connectivity index (χ3v) is 4.28. The minimum absolute atomic E-state index is 0.322. The summed E-state index contributed by atoms with van der Waals surface area (Å²) in [7, 11) is 0. The lowest BCUT2D eigenvalue weighted by Gasteiger charge is -2.26. The van der Waals surface area contributed by atoms with Crippen LogP contribution < -0.4 is 0 Å². The van der Waals surface area contributed by atoms with Crippen LogP contribution in [0.5, 0.6) is 0 Å². The number of carbonyl (C=O) groups is 1. The summed E-state index contributed by atoms with van der Waals surface area (Å²) in [5.41, 5.74) is 1.32. The highest BCUT2D eigenvalue weighted by molar-refractivity contribution is 6.06. The highest BCUT2D eigenvalue weighted by Crippen LogP contribution is 2.29. The molecule has 0 saturated carbocycles. The van der Waals surface area contributed by atoms with Crippen molar-refractivity contribution >= 4 is 22.8 Å². The maximum Gasteiger partial charge on any atom is 0.339 e. The predicted octanol–water partition coefficient (Wildman–Crippen LogP) is 5.71. The molecule has 3 heteroatoms. The van der Waals surface area contributed by atoms with E-state index < -0.39 is 11.6 Å². The molecule has 0 aliphatic rings. The van der Waals surface area contributed by atoms with Crippen molar-refractivity contribution in [2.75, 3.05) is 0 Å². The molecule has 0 heterocycles. The Balaban J connectivity index is 1.97. The van der Waals surface area contributed by atoms with Crippen LogP contribution in [-0.2, 0) is 10.3 Å². The molecule has 0 spiro atoms. The Morgan fingerprint density at radius 1 is 1.00 bits per heavy atom. The van der Waals surface area contributed by atoms with Crippen LogP contribution in [0, 0.1) is 5.82 Å². The second-order valence-corrected chi connectivity index (χ2v) is 6.36. The van der Waals surface area contributed by atoms with Gasteiger partial charge in [0, 0.05) is 0 Å². The molecule has 2 nitrogen and oxygen atoms in total. The lowest BCUT2D eigenvalue weighted by molar-refractivity contribution is -0.00291. The molecule has 0 aliphatic heterocycles. The number of rotatable bonds is 4. The normalized spacial score (nSPS) is 11.3. The molecule has 0 radical (unpaired) electrons. The van der Waals surface area contributed by atoms with Gasteiger partial charge in [-0.1, -0.05) is 55.1 Å². The molecule has 0 N–H and O–H groups in total. The molecule has 0 bridgehead atoms. The van der Waals surface area contributed by atoms with Crippen LogP contribution in [-0.4, -0.2) is 5.97 Å². The number of carbonyl (C=O) groups excluding carboxylic acids is 1. The van der Waals surface area contributed by atoms with Crippen LogP contribution in [0.3, 0.4) is 0 Å². The van der Waals surface area contributed by atoms with Crippen molar-refractivity contribution in [2.45, 2.75) is 19.4 Å². The van der Waals surface area contributed by atoms with Crippen molar-refractivity contribution in [3.05, 3.63) is 89.8 Å². The Hall–Kier alpha value is -2.94. The van der Waals surface area contributed by atoms with Crippen LogP contribution in [0.25, 0.3) is 16.8 Å². The highest BCUT2D eigenvalue weighted by atomic mass is 19.1. The van der Waals surface area contributed by atoms with Crippen molar-refractivity contribution in [1.29, 1.82) is 0 Å². The maximum atomic E-state index is 13.1. The van der Waals surface area contributed by atoms with Gasteiger partial charge in [-0.25, -0.2) is 9.18 Å². The van der Waals surface area contributed by atoms with E-state index in [2.05, 4.69) is 6.58 Å². The SMILES string of the molecule is C=Cc1cccc2c(C(=O)OC(C)(C)c3ccc(F)cc3)cccc12. The number of esters is 1. The van der Waals surface area contributed by atoms with E-state index in [4.69, 9.17) is 4.74 Å². The van der Waals surface area contributed by atoms with E-state index >= 15 is 0 Å². The lowest BCUT2D eigenvalue weighted by Crippen LogP contribution is -2.25. The topological polar surface area (TPSA) is 26.3 Å². The van der Waals surface area contributed by atoms with Crippen molar-refractivity contribution in [3.63, 3.8) is 0 Å². The zero-order valence-corrected chi connectivity index (χ0v) is 14.3. The van der Waals surface area contributed by atoms with Gasteiger partial charge in [-0.15, -0.1) is 0 Å². The van der Waals surface area contributed by atoms with Crippen molar-refractivity contribution in [1.82, 2.24) is 0 Å². The average molecular weight is 334 g/mol. The molecule has 0 unspecified atom stereocenters. The van der Waals surface area contributed by atoms with Gasteiger partial charge in [-0.2, -0.15) is 0 Å². The number of hydrogen-bond acceptors (Lipinski definition) is 2. The second kappa shape index (κ2) is 6.52. The zero-order valence-electron chi connectivity index (χ0n) is 14.3. The smallest absolute Gasteiger partial charge is 0.339 e. The van der Waals surface area contributed by atoms with E-state index in [9.17, 15) is 9.18 Å². The van der Waals surface area contributed by atoms with E-state index in [1.165, 1.54) is 12.1 Å². The fourth-order valence-electron chi connectivity index (χ4n) is 2.89. The van der Waals surface area contributed by atoms with E-state index in [1.54, 1.807) is 38.1 Å². The summed E-state index contributed by atoms with van der Waals surface area (Å²) >= 11 is 0. The maximum absolute atomic E-state index is 13.1. The predicted molar refractivity (Wildman–Crippen MR) is 98.9 cm³/mol. The Kier molecular flexibility index (Phi) is 4.41. The summed E-state index contributed by atoms with van der Waals surface area (Å²) < 4.78 is 18.9. The first-order chi connectivity index (χ1) is 11.9. The molecule has 0 saturated heterocycles. The number of hydrogen-bond donors (Lipinski definition) is 0. The summed E-state index contributed by atoms with van der Waals surface area (Å²) in [5, 5.41) is 1.77. The monoisotopic (exact) mass is 334 g/mol. The molecule has 25 heavy (non-hydrogen) atoms. The van der Waals surface area contributed by atoms with Gasteiger partial charge in [0.05, 0.1) is 5.56 Å². The fraction of sp³-hybridized carbons (Fsp3) is 0.136. The molecule has 0 aliphatic carbocycles. The van der Waals surface area contributed by atoms with Crippen molar-refractivity contribution in [3.8, 4) is 0 Å². The quantitative estimate of drug-likeness (QED) is 0.571. The first kappa shape index (κ1) is 16.9. The van der Waals surface area contributed by atoms with Gasteiger partial charge < -0.3 is 4.74 Å². The van der Waals surface area contributed by atoms with Crippen molar-refractivity contribution in [2.24, 2.45) is 0 Å². The number of benzene rings is 3. The lowest BCUT2D eigenvalue weighted by atomic mass is 9.97. The fourth-order valence-corrected chi connectivity index (χ4v) is 2.89. The van der Waals surface area contributed by atoms with E-state index in [1.807, 2.05) is 30.3 Å². The summed E-state index contributed by atoms with van der Waals surface area (Å²) in [6.45, 7) is 7.40. The first-order valence-electron chi connectivity index (χ1n) is 8.06. The highest BCUT2D eigenvalue weighted by Gasteiger charge is 2.27. The van der Waals surface area contributed by atoms with E-state index in [0.717, 1.165) is 21.9 Å². The van der Waals surface area contributed by atoms with Gasteiger partial charge in [0.1, 0.15) is 11.4 Å². The molecular formula is C22H19FO2. The molecule has 0 amide bonds. The van der Waals surface area contributed by atoms with Gasteiger partial charge in [0.15, 0.2) is 0 Å². The Morgan fingerprint density at radius 3 is 2.32 bits per heavy atom. The van der Waals surface area contributed by atoms with Gasteiger partial charge in [-0.3, -0.25) is 0 Å². The van der Waals surface area contributed by atoms with Crippen LogP contribution in [0.2, 0.25) is 0 Å². The van der Waals surface area contributed by atoms with Crippen LogP contribution >= 0.6 is 0 Å². The zero-order chi connectivity index (χ0) is 18.0. The summed E-state index contributed by atoms with van der Waals surface area (Å²) in [4.78, 5) is 12.8. The minimum Gasteiger partial charge on any atom is -0.451 e. The third kappa shape index (κ3) is 3.31. The van der Waals surface area contributed by atoms with Gasteiger partial charge in [0.2, 0.25) is 0 Å². The van der Waals surface area contributed by atoms with E-state index in [0.29, 0.717) is 5.56 Å². The van der Waals surface area contributed by atoms with Gasteiger partial charge in [0.25, 0.3) is 0 Å². The number of fused-ring (bicyclic) bond motifs is 1. The third-order valence-electron chi connectivity index (χ3n) is 4.28. The molecule has 3 aromatic rings. The summed E-state index contributed by atoms with van der Waals surface area (Å²) in [6, 6.07) is 17.2. The number of halogens is 1. The van der Waals surface area contributed by atoms with E-state index in [-0.39, 0.29) is 5.82 Å². The van der Waals surface area contributed by atoms with Gasteiger partial charge in [-0.05, 0) is 53.9 Å². The minimum atomic E-state index is -0.872. The average Bonchev–Trinajstić information content (AvgIpc) is 2.60. The number of ether oxygens (including phenoxy) is 1. The molecular weight excluding hydrogens is 315 g/mol. The second-order valence-electron chi connectivity index (χ2n) is 6.36. The summed E-state index contributed by atoms with van der Waals surface area (Å²) in [6.07, 6.45) is 1.76. The molecule has 0 aromatic heterocycles. The molecule has 3 aromatic carbocycles. The Bertz CT molecular complexity index is 940. The molecule has 126 valence electrons. The molecule has 3 rings (SSSR count). The molecule has 0 atom stereocenters. The standard InChI is InChI=1S/C22H19FO2/c1-4-15-7-5-9-19-18(15)8-6-10-20(19)21(24)25-22(2,3)16-11-13-17(23)14-12-16/h4-14H,1H2,2-3H3. The van der Waals surface area contributed by atoms with Gasteiger partial charge >= 0.3 is 5.97 Å². The molecule has 0 fully saturated rings. The largest absolute Gasteiger partial charge is 0.451 e. The Labute approximate surface area is 146 Å². The first-order valence-corrected chi connectivity index (χ1v) is 8.06. The van der Waals surface area contributed by atoms with Crippen molar-refractivity contribution < 1.29 is 13.9 Å². The van der Waals surface area contributed by atoms with Crippen LogP contribution in [0.15, 0.2) is 67.2 Å². The Morgan fingerprint density at radius 2 is 1.64 bits per heavy atom. The van der Waals surface area contributed by atoms with Crippen LogP contribution in [0.1, 0.15) is 35.3 Å². The summed E-state index contributed by atoms with van der Waals surface area (Å²) in [5.74, 6) is -0.738. The van der Waals surface area contributed by atoms with Crippen LogP contribution in [0.4, 0.5) is 4.39 Å².